The number of amides is 1. The molecule has 0 radical (unpaired) electrons. The Morgan fingerprint density at radius 1 is 1.27 bits per heavy atom. The van der Waals surface area contributed by atoms with Crippen molar-refractivity contribution in [1.82, 2.24) is 19.9 Å². The molecule has 33 heavy (non-hydrogen) atoms. The Morgan fingerprint density at radius 2 is 2.03 bits per heavy atom. The smallest absolute Gasteiger partial charge is 0.268 e. The molecule has 1 fully saturated rings. The second kappa shape index (κ2) is 7.86. The molecule has 2 heterocycles. The van der Waals surface area contributed by atoms with E-state index in [1.807, 2.05) is 20.0 Å². The second-order valence-corrected chi connectivity index (χ2v) is 11.0. The minimum atomic E-state index is -0.178. The van der Waals surface area contributed by atoms with E-state index in [4.69, 9.17) is 4.98 Å². The third-order valence-electron chi connectivity index (χ3n) is 7.38. The lowest BCUT2D eigenvalue weighted by atomic mass is 9.75. The van der Waals surface area contributed by atoms with Gasteiger partial charge in [-0.25, -0.2) is 4.98 Å². The van der Waals surface area contributed by atoms with Gasteiger partial charge in [-0.15, -0.1) is 0 Å². The molecule has 0 bridgehead atoms. The van der Waals surface area contributed by atoms with Crippen LogP contribution in [0.2, 0.25) is 0 Å². The van der Waals surface area contributed by atoms with E-state index in [9.17, 15) is 9.59 Å². The standard InChI is InChI=1S/C27H34N4O2/c1-15-6-10-18-21(12-15)31(5)25(29-18)19(11-9-17-7-8-17)30-26(33)24-16(2)23-20(28-24)13-27(3,4)14-22(23)32/h6,10,12,17,19,28H,7-9,11,13-14H2,1-5H3,(H,30,33). The number of hydrogen-bond acceptors (Lipinski definition) is 3. The SMILES string of the molecule is Cc1ccc2nc(C(CCC3CC3)NC(=O)c3[nH]c4c(c3C)C(=O)CC(C)(C)C4)n(C)c2c1. The molecule has 1 amide bonds. The van der Waals surface area contributed by atoms with Gasteiger partial charge in [0.2, 0.25) is 0 Å². The van der Waals surface area contributed by atoms with Crippen molar-refractivity contribution in [3.63, 3.8) is 0 Å². The van der Waals surface area contributed by atoms with Crippen LogP contribution >= 0.6 is 0 Å². The number of aromatic nitrogens is 3. The van der Waals surface area contributed by atoms with Gasteiger partial charge in [0.05, 0.1) is 17.1 Å². The molecule has 2 N–H and O–H groups in total. The van der Waals surface area contributed by atoms with Crippen LogP contribution in [0.3, 0.4) is 0 Å². The van der Waals surface area contributed by atoms with E-state index in [-0.39, 0.29) is 23.1 Å². The normalized spacial score (nSPS) is 18.4. The number of H-pyrrole nitrogens is 1. The van der Waals surface area contributed by atoms with Crippen molar-refractivity contribution in [2.24, 2.45) is 18.4 Å². The molecule has 2 aliphatic rings. The number of carbonyl (C=O) groups excluding carboxylic acids is 2. The fraction of sp³-hybridized carbons (Fsp3) is 0.519. The summed E-state index contributed by atoms with van der Waals surface area (Å²) in [7, 11) is 2.03. The molecule has 6 heteroatoms. The Morgan fingerprint density at radius 3 is 2.76 bits per heavy atom. The van der Waals surface area contributed by atoms with Crippen LogP contribution in [-0.4, -0.2) is 26.2 Å². The molecule has 174 valence electrons. The molecule has 0 saturated heterocycles. The summed E-state index contributed by atoms with van der Waals surface area (Å²) < 4.78 is 2.11. The highest BCUT2D eigenvalue weighted by molar-refractivity contribution is 6.04. The number of imidazole rings is 1. The molecular formula is C27H34N4O2. The molecular weight excluding hydrogens is 412 g/mol. The molecule has 1 aromatic carbocycles. The number of aromatic amines is 1. The van der Waals surface area contributed by atoms with Gasteiger partial charge in [-0.1, -0.05) is 32.8 Å². The first-order chi connectivity index (χ1) is 15.6. The van der Waals surface area contributed by atoms with Gasteiger partial charge in [0.25, 0.3) is 5.91 Å². The van der Waals surface area contributed by atoms with E-state index in [1.165, 1.54) is 18.4 Å². The molecule has 0 aliphatic heterocycles. The van der Waals surface area contributed by atoms with Crippen LogP contribution < -0.4 is 5.32 Å². The van der Waals surface area contributed by atoms with Crippen LogP contribution in [0.4, 0.5) is 0 Å². The zero-order valence-electron chi connectivity index (χ0n) is 20.3. The quantitative estimate of drug-likeness (QED) is 0.537. The molecule has 2 aliphatic carbocycles. The number of fused-ring (bicyclic) bond motifs is 2. The van der Waals surface area contributed by atoms with Gasteiger partial charge in [-0.3, -0.25) is 9.59 Å². The van der Waals surface area contributed by atoms with Gasteiger partial charge in [-0.2, -0.15) is 0 Å². The fourth-order valence-corrected chi connectivity index (χ4v) is 5.39. The number of ketones is 1. The van der Waals surface area contributed by atoms with Crippen molar-refractivity contribution < 1.29 is 9.59 Å². The number of nitrogens with zero attached hydrogens (tertiary/aromatic N) is 2. The Kier molecular flexibility index (Phi) is 5.22. The minimum Gasteiger partial charge on any atom is -0.354 e. The van der Waals surface area contributed by atoms with Crippen molar-refractivity contribution in [2.75, 3.05) is 0 Å². The Balaban J connectivity index is 1.46. The van der Waals surface area contributed by atoms with E-state index in [0.29, 0.717) is 17.7 Å². The maximum atomic E-state index is 13.5. The minimum absolute atomic E-state index is 0.0902. The summed E-state index contributed by atoms with van der Waals surface area (Å²) in [4.78, 5) is 34.5. The summed E-state index contributed by atoms with van der Waals surface area (Å²) in [6.45, 7) is 8.17. The lowest BCUT2D eigenvalue weighted by Gasteiger charge is -2.28. The maximum absolute atomic E-state index is 13.5. The number of aryl methyl sites for hydroxylation is 2. The average molecular weight is 447 g/mol. The van der Waals surface area contributed by atoms with Crippen LogP contribution in [-0.2, 0) is 13.5 Å². The van der Waals surface area contributed by atoms with Gasteiger partial charge >= 0.3 is 0 Å². The lowest BCUT2D eigenvalue weighted by molar-refractivity contribution is 0.0908. The molecule has 3 aromatic rings. The summed E-state index contributed by atoms with van der Waals surface area (Å²) in [5.41, 5.74) is 6.02. The number of benzene rings is 1. The number of nitrogens with one attached hydrogen (secondary N) is 2. The predicted molar refractivity (Wildman–Crippen MR) is 130 cm³/mol. The van der Waals surface area contributed by atoms with E-state index < -0.39 is 0 Å². The van der Waals surface area contributed by atoms with Crippen molar-refractivity contribution in [1.29, 1.82) is 0 Å². The number of Topliss-reactive ketones (excluding diaryl/α,β-unsaturated/α-hetero) is 1. The second-order valence-electron chi connectivity index (χ2n) is 11.0. The van der Waals surface area contributed by atoms with Crippen LogP contribution in [0, 0.1) is 25.2 Å². The van der Waals surface area contributed by atoms with E-state index in [0.717, 1.165) is 53.3 Å². The van der Waals surface area contributed by atoms with Crippen LogP contribution in [0.5, 0.6) is 0 Å². The van der Waals surface area contributed by atoms with Crippen LogP contribution in [0.15, 0.2) is 18.2 Å². The summed E-state index contributed by atoms with van der Waals surface area (Å²) >= 11 is 0. The van der Waals surface area contributed by atoms with Crippen molar-refractivity contribution in [3.05, 3.63) is 52.1 Å². The van der Waals surface area contributed by atoms with Gasteiger partial charge in [-0.05, 0) is 67.7 Å². The topological polar surface area (TPSA) is 79.8 Å². The van der Waals surface area contributed by atoms with Crippen LogP contribution in [0.25, 0.3) is 11.0 Å². The highest BCUT2D eigenvalue weighted by Crippen LogP contribution is 2.38. The van der Waals surface area contributed by atoms with Gasteiger partial charge in [0.15, 0.2) is 5.78 Å². The third kappa shape index (κ3) is 4.11. The van der Waals surface area contributed by atoms with Crippen molar-refractivity contribution >= 4 is 22.7 Å². The number of carbonyl (C=O) groups is 2. The van der Waals surface area contributed by atoms with E-state index in [1.54, 1.807) is 0 Å². The summed E-state index contributed by atoms with van der Waals surface area (Å²) in [6, 6.07) is 6.08. The highest BCUT2D eigenvalue weighted by atomic mass is 16.2. The van der Waals surface area contributed by atoms with Gasteiger partial charge in [0.1, 0.15) is 11.5 Å². The van der Waals surface area contributed by atoms with Gasteiger partial charge < -0.3 is 14.9 Å². The van der Waals surface area contributed by atoms with Crippen molar-refractivity contribution in [3.8, 4) is 0 Å². The first-order valence-electron chi connectivity index (χ1n) is 12.1. The first-order valence-corrected chi connectivity index (χ1v) is 12.1. The lowest BCUT2D eigenvalue weighted by Crippen LogP contribution is -2.31. The average Bonchev–Trinajstić information content (AvgIpc) is 3.43. The Bertz CT molecular complexity index is 1260. The molecule has 1 saturated carbocycles. The molecule has 1 atom stereocenters. The monoisotopic (exact) mass is 446 g/mol. The predicted octanol–water partition coefficient (Wildman–Crippen LogP) is 5.33. The molecule has 1 unspecified atom stereocenters. The van der Waals surface area contributed by atoms with Crippen LogP contribution in [0.1, 0.15) is 95.5 Å². The summed E-state index contributed by atoms with van der Waals surface area (Å²) in [5.74, 6) is 1.62. The van der Waals surface area contributed by atoms with Gasteiger partial charge in [0, 0.05) is 24.7 Å². The Hall–Kier alpha value is -2.89. The van der Waals surface area contributed by atoms with E-state index in [2.05, 4.69) is 47.8 Å². The largest absolute Gasteiger partial charge is 0.354 e. The summed E-state index contributed by atoms with van der Waals surface area (Å²) in [5, 5.41) is 3.27. The maximum Gasteiger partial charge on any atom is 0.268 e. The zero-order chi connectivity index (χ0) is 23.5. The molecule has 2 aromatic heterocycles. The Labute approximate surface area is 195 Å². The number of hydrogen-bond donors (Lipinski definition) is 2. The van der Waals surface area contributed by atoms with Crippen molar-refractivity contribution in [2.45, 2.75) is 72.3 Å². The molecule has 0 spiro atoms. The first kappa shape index (κ1) is 21.9. The van der Waals surface area contributed by atoms with E-state index >= 15 is 0 Å². The zero-order valence-corrected chi connectivity index (χ0v) is 20.3. The number of rotatable bonds is 6. The third-order valence-corrected chi connectivity index (χ3v) is 7.38. The fourth-order valence-electron chi connectivity index (χ4n) is 5.39. The molecule has 6 nitrogen and oxygen atoms in total. The molecule has 5 rings (SSSR count). The summed E-state index contributed by atoms with van der Waals surface area (Å²) in [6.07, 6.45) is 5.80. The highest BCUT2D eigenvalue weighted by Gasteiger charge is 2.36.